The summed E-state index contributed by atoms with van der Waals surface area (Å²) in [5, 5.41) is 56.7. The van der Waals surface area contributed by atoms with Gasteiger partial charge in [-0.3, -0.25) is 9.59 Å². The number of hydrogen-bond donors (Lipinski definition) is 8. The summed E-state index contributed by atoms with van der Waals surface area (Å²) in [6, 6.07) is 7.66. The van der Waals surface area contributed by atoms with Crippen molar-refractivity contribution in [3.05, 3.63) is 47.5 Å². The second-order valence-electron chi connectivity index (χ2n) is 6.93. The molecule has 0 aliphatic rings. The number of carbonyl (C=O) groups is 2. The smallest absolute Gasteiger partial charge is 0.323 e. The van der Waals surface area contributed by atoms with E-state index in [1.54, 1.807) is 13.1 Å². The quantitative estimate of drug-likeness (QED) is 0.295. The maximum atomic E-state index is 10.7. The van der Waals surface area contributed by atoms with Crippen LogP contribution in [0.5, 0.6) is 23.0 Å². The summed E-state index contributed by atoms with van der Waals surface area (Å²) in [5.74, 6) is -3.05. The van der Waals surface area contributed by atoms with Crippen molar-refractivity contribution in [2.45, 2.75) is 31.3 Å². The Kier molecular flexibility index (Phi) is 8.45. The third kappa shape index (κ3) is 7.15. The minimum absolute atomic E-state index is 0.0795. The molecule has 0 radical (unpaired) electrons. The average Bonchev–Trinajstić information content (AvgIpc) is 2.65. The van der Waals surface area contributed by atoms with Crippen LogP contribution in [0.15, 0.2) is 36.4 Å². The van der Waals surface area contributed by atoms with Crippen LogP contribution in [0.25, 0.3) is 0 Å². The Labute approximate surface area is 172 Å². The molecule has 10 heteroatoms. The number of carboxylic acid groups (broad SMARTS) is 2. The highest BCUT2D eigenvalue weighted by atomic mass is 16.4. The second-order valence-corrected chi connectivity index (χ2v) is 6.93. The highest BCUT2D eigenvalue weighted by Crippen LogP contribution is 2.26. The molecule has 0 unspecified atom stereocenters. The molecule has 0 amide bonds. The molecule has 9 N–H and O–H groups in total. The first-order valence-corrected chi connectivity index (χ1v) is 8.81. The van der Waals surface area contributed by atoms with E-state index >= 15 is 0 Å². The maximum absolute atomic E-state index is 10.7. The van der Waals surface area contributed by atoms with Crippen molar-refractivity contribution in [1.82, 2.24) is 5.32 Å². The maximum Gasteiger partial charge on any atom is 0.323 e. The molecule has 0 fully saturated rings. The van der Waals surface area contributed by atoms with E-state index in [0.717, 1.165) is 0 Å². The van der Waals surface area contributed by atoms with Crippen molar-refractivity contribution < 1.29 is 40.2 Å². The topological polar surface area (TPSA) is 194 Å². The SMILES string of the molecule is CN[C@@H](Cc1ccc(O)c(O)c1)C(=O)O.C[C@](N)(Cc1ccc(O)c(O)c1)C(=O)O. The molecule has 2 aromatic rings. The first-order chi connectivity index (χ1) is 13.9. The van der Waals surface area contributed by atoms with E-state index in [1.165, 1.54) is 37.3 Å². The Balaban J connectivity index is 0.000000300. The van der Waals surface area contributed by atoms with Gasteiger partial charge < -0.3 is 41.7 Å². The van der Waals surface area contributed by atoms with E-state index in [0.29, 0.717) is 11.1 Å². The number of hydrogen-bond acceptors (Lipinski definition) is 8. The fraction of sp³-hybridized carbons (Fsp3) is 0.300. The third-order valence-corrected chi connectivity index (χ3v) is 4.23. The number of phenolic OH excluding ortho intramolecular Hbond substituents is 4. The Hall–Kier alpha value is -3.50. The van der Waals surface area contributed by atoms with Gasteiger partial charge in [-0.1, -0.05) is 12.1 Å². The molecule has 2 aromatic carbocycles. The molecule has 2 rings (SSSR count). The zero-order valence-electron chi connectivity index (χ0n) is 16.5. The van der Waals surface area contributed by atoms with Gasteiger partial charge in [0.25, 0.3) is 0 Å². The molecule has 2 atom stereocenters. The summed E-state index contributed by atoms with van der Waals surface area (Å²) >= 11 is 0. The first kappa shape index (κ1) is 24.5. The molecule has 0 aliphatic heterocycles. The minimum atomic E-state index is -1.39. The zero-order valence-corrected chi connectivity index (χ0v) is 16.5. The summed E-state index contributed by atoms with van der Waals surface area (Å²) in [6.45, 7) is 1.39. The van der Waals surface area contributed by atoms with Gasteiger partial charge in [0.05, 0.1) is 0 Å². The van der Waals surface area contributed by atoms with Gasteiger partial charge in [0.15, 0.2) is 23.0 Å². The molecule has 0 bridgehead atoms. The highest BCUT2D eigenvalue weighted by Gasteiger charge is 2.28. The van der Waals surface area contributed by atoms with E-state index in [4.69, 9.17) is 26.2 Å². The lowest BCUT2D eigenvalue weighted by Crippen LogP contribution is -2.46. The lowest BCUT2D eigenvalue weighted by Gasteiger charge is -2.19. The number of aromatic hydroxyl groups is 4. The van der Waals surface area contributed by atoms with Gasteiger partial charge >= 0.3 is 11.9 Å². The molecule has 10 nitrogen and oxygen atoms in total. The predicted octanol–water partition coefficient (Wildman–Crippen LogP) is 0.755. The Bertz CT molecular complexity index is 898. The lowest BCUT2D eigenvalue weighted by atomic mass is 9.94. The van der Waals surface area contributed by atoms with Gasteiger partial charge in [-0.15, -0.1) is 0 Å². The van der Waals surface area contributed by atoms with Crippen LogP contribution in [0.2, 0.25) is 0 Å². The van der Waals surface area contributed by atoms with Crippen LogP contribution in [0.4, 0.5) is 0 Å². The van der Waals surface area contributed by atoms with Gasteiger partial charge in [-0.2, -0.15) is 0 Å². The van der Waals surface area contributed by atoms with E-state index in [-0.39, 0.29) is 35.8 Å². The number of carboxylic acids is 2. The largest absolute Gasteiger partial charge is 0.504 e. The standard InChI is InChI=1S/2C10H13NO4/c1-11-7(10(14)15)4-6-2-3-8(12)9(13)5-6;1-10(11,9(14)15)5-6-2-3-7(12)8(13)4-6/h2-3,5,7,11-13H,4H2,1H3,(H,14,15);2-4,12-13H,5,11H2,1H3,(H,14,15)/t7-;10-/m00/s1. The Morgan fingerprint density at radius 3 is 1.80 bits per heavy atom. The number of aliphatic carboxylic acids is 2. The Morgan fingerprint density at radius 1 is 0.933 bits per heavy atom. The van der Waals surface area contributed by atoms with Crippen LogP contribution in [0.3, 0.4) is 0 Å². The van der Waals surface area contributed by atoms with E-state index in [2.05, 4.69) is 5.32 Å². The van der Waals surface area contributed by atoms with Crippen molar-refractivity contribution in [2.75, 3.05) is 7.05 Å². The van der Waals surface area contributed by atoms with Gasteiger partial charge in [0.1, 0.15) is 11.6 Å². The second kappa shape index (κ2) is 10.3. The van der Waals surface area contributed by atoms with Crippen LogP contribution in [-0.2, 0) is 22.4 Å². The number of phenols is 4. The first-order valence-electron chi connectivity index (χ1n) is 8.81. The van der Waals surface area contributed by atoms with E-state index < -0.39 is 23.5 Å². The van der Waals surface area contributed by atoms with Gasteiger partial charge in [0, 0.05) is 6.42 Å². The Morgan fingerprint density at radius 2 is 1.40 bits per heavy atom. The fourth-order valence-electron chi connectivity index (χ4n) is 2.42. The number of benzene rings is 2. The van der Waals surface area contributed by atoms with Crippen molar-refractivity contribution in [3.8, 4) is 23.0 Å². The molecule has 0 saturated carbocycles. The van der Waals surface area contributed by atoms with Crippen molar-refractivity contribution in [3.63, 3.8) is 0 Å². The number of nitrogens with two attached hydrogens (primary N) is 1. The predicted molar refractivity (Wildman–Crippen MR) is 108 cm³/mol. The molecule has 0 aliphatic carbocycles. The number of nitrogens with one attached hydrogen (secondary N) is 1. The van der Waals surface area contributed by atoms with Gasteiger partial charge in [0.2, 0.25) is 0 Å². The molecule has 0 spiro atoms. The van der Waals surface area contributed by atoms with Crippen molar-refractivity contribution >= 4 is 11.9 Å². The highest BCUT2D eigenvalue weighted by molar-refractivity contribution is 5.78. The molecule has 0 saturated heterocycles. The fourth-order valence-corrected chi connectivity index (χ4v) is 2.42. The molecular formula is C20H26N2O8. The summed E-state index contributed by atoms with van der Waals surface area (Å²) in [5.41, 5.74) is 5.35. The van der Waals surface area contributed by atoms with Crippen LogP contribution < -0.4 is 11.1 Å². The van der Waals surface area contributed by atoms with Gasteiger partial charge in [-0.05, 0) is 55.8 Å². The van der Waals surface area contributed by atoms with Gasteiger partial charge in [-0.25, -0.2) is 0 Å². The molecule has 0 heterocycles. The number of likely N-dealkylation sites (N-methyl/N-ethyl adjacent to an activating group) is 1. The van der Waals surface area contributed by atoms with E-state index in [9.17, 15) is 19.8 Å². The molecule has 30 heavy (non-hydrogen) atoms. The molecular weight excluding hydrogens is 396 g/mol. The third-order valence-electron chi connectivity index (χ3n) is 4.23. The summed E-state index contributed by atoms with van der Waals surface area (Å²) in [4.78, 5) is 21.5. The summed E-state index contributed by atoms with van der Waals surface area (Å²) in [6.07, 6.45) is 0.329. The number of rotatable bonds is 7. The van der Waals surface area contributed by atoms with Crippen LogP contribution in [-0.4, -0.2) is 61.2 Å². The lowest BCUT2D eigenvalue weighted by molar-refractivity contribution is -0.142. The summed E-state index contributed by atoms with van der Waals surface area (Å²) < 4.78 is 0. The molecule has 0 aromatic heterocycles. The minimum Gasteiger partial charge on any atom is -0.504 e. The summed E-state index contributed by atoms with van der Waals surface area (Å²) in [7, 11) is 1.55. The normalized spacial score (nSPS) is 13.4. The molecule has 164 valence electrons. The van der Waals surface area contributed by atoms with Crippen LogP contribution >= 0.6 is 0 Å². The van der Waals surface area contributed by atoms with Crippen molar-refractivity contribution in [1.29, 1.82) is 0 Å². The monoisotopic (exact) mass is 422 g/mol. The van der Waals surface area contributed by atoms with Crippen molar-refractivity contribution in [2.24, 2.45) is 5.73 Å². The van der Waals surface area contributed by atoms with Crippen LogP contribution in [0.1, 0.15) is 18.1 Å². The average molecular weight is 422 g/mol. The van der Waals surface area contributed by atoms with E-state index in [1.807, 2.05) is 0 Å². The zero-order chi connectivity index (χ0) is 23.1. The van der Waals surface area contributed by atoms with Crippen LogP contribution in [0, 0.1) is 0 Å².